The van der Waals surface area contributed by atoms with Gasteiger partial charge in [0, 0.05) is 18.3 Å². The molecule has 6 nitrogen and oxygen atoms in total. The molecule has 9 heteroatoms. The molecule has 110 valence electrons. The highest BCUT2D eigenvalue weighted by Crippen LogP contribution is 2.14. The van der Waals surface area contributed by atoms with E-state index in [2.05, 4.69) is 10.1 Å². The summed E-state index contributed by atoms with van der Waals surface area (Å²) < 4.78 is 26.0. The van der Waals surface area contributed by atoms with Crippen LogP contribution in [-0.2, 0) is 6.54 Å². The predicted octanol–water partition coefficient (Wildman–Crippen LogP) is 0.519. The molecule has 0 saturated heterocycles. The maximum absolute atomic E-state index is 12.4. The van der Waals surface area contributed by atoms with Crippen molar-refractivity contribution in [2.75, 3.05) is 19.7 Å². The highest BCUT2D eigenvalue weighted by atomic mass is 32.1. The monoisotopic (exact) mass is 304 g/mol. The van der Waals surface area contributed by atoms with E-state index < -0.39 is 13.0 Å². The lowest BCUT2D eigenvalue weighted by molar-refractivity contribution is 0.0745. The van der Waals surface area contributed by atoms with Crippen molar-refractivity contribution in [2.45, 2.75) is 19.9 Å². The molecule has 0 aliphatic rings. The van der Waals surface area contributed by atoms with Crippen molar-refractivity contribution in [1.29, 1.82) is 0 Å². The van der Waals surface area contributed by atoms with Crippen LogP contribution in [0.15, 0.2) is 10.9 Å². The minimum atomic E-state index is -2.49. The molecule has 1 N–H and O–H groups in total. The summed E-state index contributed by atoms with van der Waals surface area (Å²) in [6.07, 6.45) is -2.49. The lowest BCUT2D eigenvalue weighted by atomic mass is 10.4. The summed E-state index contributed by atoms with van der Waals surface area (Å²) >= 11 is 1.18. The number of hydrogen-bond donors (Lipinski definition) is 1. The molecule has 2 aromatic heterocycles. The van der Waals surface area contributed by atoms with Crippen molar-refractivity contribution in [2.24, 2.45) is 0 Å². The van der Waals surface area contributed by atoms with Gasteiger partial charge in [0.15, 0.2) is 0 Å². The van der Waals surface area contributed by atoms with Crippen molar-refractivity contribution in [3.63, 3.8) is 0 Å². The van der Waals surface area contributed by atoms with E-state index >= 15 is 0 Å². The third-order valence-corrected chi connectivity index (χ3v) is 3.48. The summed E-state index contributed by atoms with van der Waals surface area (Å²) in [5.41, 5.74) is 0.294. The van der Waals surface area contributed by atoms with E-state index in [1.807, 2.05) is 0 Å². The average molecular weight is 304 g/mol. The van der Waals surface area contributed by atoms with Crippen LogP contribution in [0.4, 0.5) is 8.78 Å². The SMILES string of the molecule is Cc1cc(=O)n2nc(CN(CCO)CC(F)F)sc2n1. The maximum Gasteiger partial charge on any atom is 0.275 e. The fourth-order valence-electron chi connectivity index (χ4n) is 1.79. The first-order valence-electron chi connectivity index (χ1n) is 5.97. The lowest BCUT2D eigenvalue weighted by Gasteiger charge is -2.18. The number of nitrogens with zero attached hydrogens (tertiary/aromatic N) is 4. The van der Waals surface area contributed by atoms with Crippen LogP contribution in [0.25, 0.3) is 4.96 Å². The third-order valence-electron chi connectivity index (χ3n) is 2.59. The summed E-state index contributed by atoms with van der Waals surface area (Å²) in [6, 6.07) is 1.36. The maximum atomic E-state index is 12.4. The van der Waals surface area contributed by atoms with Gasteiger partial charge in [-0.3, -0.25) is 9.69 Å². The van der Waals surface area contributed by atoms with Gasteiger partial charge in [0.05, 0.1) is 19.7 Å². The number of hydrogen-bond acceptors (Lipinski definition) is 6. The van der Waals surface area contributed by atoms with Crippen LogP contribution >= 0.6 is 11.3 Å². The van der Waals surface area contributed by atoms with Gasteiger partial charge < -0.3 is 5.11 Å². The molecule has 0 bridgehead atoms. The van der Waals surface area contributed by atoms with E-state index in [4.69, 9.17) is 5.11 Å². The Morgan fingerprint density at radius 3 is 2.95 bits per heavy atom. The third kappa shape index (κ3) is 3.56. The Morgan fingerprint density at radius 2 is 2.30 bits per heavy atom. The number of halogens is 2. The van der Waals surface area contributed by atoms with Crippen LogP contribution in [-0.4, -0.2) is 50.7 Å². The van der Waals surface area contributed by atoms with Crippen molar-refractivity contribution in [3.05, 3.63) is 27.1 Å². The molecule has 0 atom stereocenters. The molecule has 2 aromatic rings. The number of fused-ring (bicyclic) bond motifs is 1. The van der Waals surface area contributed by atoms with Gasteiger partial charge in [-0.15, -0.1) is 0 Å². The normalized spacial score (nSPS) is 11.9. The fourth-order valence-corrected chi connectivity index (χ4v) is 2.77. The number of rotatable bonds is 6. The summed E-state index contributed by atoms with van der Waals surface area (Å²) in [7, 11) is 0. The summed E-state index contributed by atoms with van der Waals surface area (Å²) in [5.74, 6) is 0. The zero-order valence-corrected chi connectivity index (χ0v) is 11.6. The van der Waals surface area contributed by atoms with Gasteiger partial charge in [0.1, 0.15) is 5.01 Å². The quantitative estimate of drug-likeness (QED) is 0.842. The van der Waals surface area contributed by atoms with Crippen molar-refractivity contribution < 1.29 is 13.9 Å². The number of aryl methyl sites for hydroxylation is 1. The molecule has 0 saturated carbocycles. The van der Waals surface area contributed by atoms with Gasteiger partial charge in [-0.1, -0.05) is 11.3 Å². The average Bonchev–Trinajstić information content (AvgIpc) is 2.71. The minimum Gasteiger partial charge on any atom is -0.395 e. The second-order valence-electron chi connectivity index (χ2n) is 4.28. The van der Waals surface area contributed by atoms with Crippen LogP contribution in [0.3, 0.4) is 0 Å². The molecule has 0 amide bonds. The molecule has 0 aliphatic heterocycles. The zero-order valence-electron chi connectivity index (χ0n) is 10.8. The van der Waals surface area contributed by atoms with Crippen molar-refractivity contribution >= 4 is 16.3 Å². The van der Waals surface area contributed by atoms with Crippen LogP contribution in [0.5, 0.6) is 0 Å². The highest BCUT2D eigenvalue weighted by molar-refractivity contribution is 7.16. The van der Waals surface area contributed by atoms with Gasteiger partial charge >= 0.3 is 0 Å². The molecule has 0 unspecified atom stereocenters. The molecule has 2 heterocycles. The Labute approximate surface area is 117 Å². The van der Waals surface area contributed by atoms with Crippen LogP contribution in [0.2, 0.25) is 0 Å². The molecular weight excluding hydrogens is 290 g/mol. The standard InChI is InChI=1S/C11H14F2N4O2S/c1-7-4-10(19)17-11(14-7)20-9(15-17)6-16(2-3-18)5-8(12)13/h4,8,18H,2-3,5-6H2,1H3. The summed E-state index contributed by atoms with van der Waals surface area (Å²) in [5, 5.41) is 13.5. The zero-order chi connectivity index (χ0) is 14.7. The number of aromatic nitrogens is 3. The topological polar surface area (TPSA) is 70.7 Å². The molecule has 0 radical (unpaired) electrons. The molecular formula is C11H14F2N4O2S. The van der Waals surface area contributed by atoms with Crippen LogP contribution in [0.1, 0.15) is 10.7 Å². The number of aliphatic hydroxyl groups excluding tert-OH is 1. The fraction of sp³-hybridized carbons (Fsp3) is 0.545. The largest absolute Gasteiger partial charge is 0.395 e. The molecule has 0 aliphatic carbocycles. The Hall–Kier alpha value is -1.45. The first-order valence-corrected chi connectivity index (χ1v) is 6.79. The first kappa shape index (κ1) is 14.9. The number of aliphatic hydroxyl groups is 1. The first-order chi connectivity index (χ1) is 9.49. The van der Waals surface area contributed by atoms with Gasteiger partial charge in [-0.05, 0) is 6.92 Å². The Balaban J connectivity index is 2.24. The van der Waals surface area contributed by atoms with E-state index in [0.717, 1.165) is 4.52 Å². The predicted molar refractivity (Wildman–Crippen MR) is 70.2 cm³/mol. The second-order valence-corrected chi connectivity index (χ2v) is 5.32. The minimum absolute atomic E-state index is 0.127. The Morgan fingerprint density at radius 1 is 1.55 bits per heavy atom. The highest BCUT2D eigenvalue weighted by Gasteiger charge is 2.15. The van der Waals surface area contributed by atoms with Gasteiger partial charge in [-0.25, -0.2) is 13.8 Å². The summed E-state index contributed by atoms with van der Waals surface area (Å²) in [4.78, 5) is 17.7. The van der Waals surface area contributed by atoms with Crippen LogP contribution in [0, 0.1) is 6.92 Å². The van der Waals surface area contributed by atoms with E-state index in [1.54, 1.807) is 6.92 Å². The lowest BCUT2D eigenvalue weighted by Crippen LogP contribution is -2.31. The second kappa shape index (κ2) is 6.33. The molecule has 0 fully saturated rings. The van der Waals surface area contributed by atoms with Crippen molar-refractivity contribution in [1.82, 2.24) is 19.5 Å². The van der Waals surface area contributed by atoms with E-state index in [9.17, 15) is 13.6 Å². The van der Waals surface area contributed by atoms with Crippen LogP contribution < -0.4 is 5.56 Å². The van der Waals surface area contributed by atoms with E-state index in [1.165, 1.54) is 22.3 Å². The van der Waals surface area contributed by atoms with Crippen molar-refractivity contribution in [3.8, 4) is 0 Å². The number of alkyl halides is 2. The molecule has 0 aromatic carbocycles. The summed E-state index contributed by atoms with van der Waals surface area (Å²) in [6.45, 7) is 1.32. The smallest absolute Gasteiger partial charge is 0.275 e. The Bertz CT molecular complexity index is 643. The molecule has 20 heavy (non-hydrogen) atoms. The Kier molecular flexibility index (Phi) is 4.73. The van der Waals surface area contributed by atoms with E-state index in [0.29, 0.717) is 15.7 Å². The molecule has 2 rings (SSSR count). The van der Waals surface area contributed by atoms with Gasteiger partial charge in [0.2, 0.25) is 4.96 Å². The van der Waals surface area contributed by atoms with Gasteiger partial charge in [-0.2, -0.15) is 9.61 Å². The van der Waals surface area contributed by atoms with Gasteiger partial charge in [0.25, 0.3) is 12.0 Å². The van der Waals surface area contributed by atoms with E-state index in [-0.39, 0.29) is 25.3 Å². The molecule has 0 spiro atoms.